The first-order valence-corrected chi connectivity index (χ1v) is 9.46. The Morgan fingerprint density at radius 3 is 2.69 bits per heavy atom. The smallest absolute Gasteiger partial charge is 0.258 e. The highest BCUT2D eigenvalue weighted by atomic mass is 16.5. The molecule has 1 amide bonds. The molecule has 0 aliphatic carbocycles. The predicted octanol–water partition coefficient (Wildman–Crippen LogP) is 1.79. The van der Waals surface area contributed by atoms with Gasteiger partial charge in [0, 0.05) is 30.7 Å². The summed E-state index contributed by atoms with van der Waals surface area (Å²) in [6, 6.07) is 7.87. The van der Waals surface area contributed by atoms with Gasteiger partial charge < -0.3 is 20.1 Å². The van der Waals surface area contributed by atoms with Crippen LogP contribution >= 0.6 is 0 Å². The Bertz CT molecular complexity index is 551. The Morgan fingerprint density at radius 2 is 1.96 bits per heavy atom. The molecular weight excluding hydrogens is 330 g/mol. The van der Waals surface area contributed by atoms with Gasteiger partial charge in [0.2, 0.25) is 0 Å². The molecule has 1 aromatic carbocycles. The molecule has 0 aromatic heterocycles. The number of amides is 1. The van der Waals surface area contributed by atoms with Gasteiger partial charge in [0.1, 0.15) is 5.75 Å². The lowest BCUT2D eigenvalue weighted by Crippen LogP contribution is -2.43. The number of para-hydroxylation sites is 1. The van der Waals surface area contributed by atoms with E-state index in [4.69, 9.17) is 9.47 Å². The molecule has 0 spiro atoms. The van der Waals surface area contributed by atoms with E-state index in [0.29, 0.717) is 0 Å². The largest absolute Gasteiger partial charge is 0.483 e. The van der Waals surface area contributed by atoms with Crippen molar-refractivity contribution in [2.75, 3.05) is 46.0 Å². The molecule has 1 aliphatic heterocycles. The molecule has 0 radical (unpaired) electrons. The molecule has 0 unspecified atom stereocenters. The van der Waals surface area contributed by atoms with Crippen molar-refractivity contribution >= 4 is 5.91 Å². The van der Waals surface area contributed by atoms with Gasteiger partial charge in [-0.05, 0) is 46.3 Å². The minimum Gasteiger partial charge on any atom is -0.483 e. The van der Waals surface area contributed by atoms with Gasteiger partial charge in [0.25, 0.3) is 5.91 Å². The average Bonchev–Trinajstić information content (AvgIpc) is 2.60. The summed E-state index contributed by atoms with van der Waals surface area (Å²) in [4.78, 5) is 14.4. The van der Waals surface area contributed by atoms with Crippen molar-refractivity contribution in [3.05, 3.63) is 29.8 Å². The third-order valence-electron chi connectivity index (χ3n) is 4.09. The van der Waals surface area contributed by atoms with Gasteiger partial charge in [-0.25, -0.2) is 0 Å². The molecule has 146 valence electrons. The molecule has 0 bridgehead atoms. The summed E-state index contributed by atoms with van der Waals surface area (Å²) in [5, 5.41) is 6.38. The zero-order chi connectivity index (χ0) is 18.8. The van der Waals surface area contributed by atoms with Gasteiger partial charge in [-0.3, -0.25) is 9.69 Å². The zero-order valence-corrected chi connectivity index (χ0v) is 16.3. The highest BCUT2D eigenvalue weighted by Gasteiger charge is 2.14. The summed E-state index contributed by atoms with van der Waals surface area (Å²) in [5.74, 6) is 0.656. The van der Waals surface area contributed by atoms with Crippen molar-refractivity contribution in [3.63, 3.8) is 0 Å². The minimum atomic E-state index is -0.248. The van der Waals surface area contributed by atoms with Crippen molar-refractivity contribution in [1.82, 2.24) is 15.5 Å². The van der Waals surface area contributed by atoms with E-state index in [-0.39, 0.29) is 18.1 Å². The zero-order valence-electron chi connectivity index (χ0n) is 16.3. The molecule has 26 heavy (non-hydrogen) atoms. The topological polar surface area (TPSA) is 62.8 Å². The van der Waals surface area contributed by atoms with Crippen molar-refractivity contribution in [1.29, 1.82) is 0 Å². The number of nitrogens with one attached hydrogen (secondary N) is 2. The fourth-order valence-corrected chi connectivity index (χ4v) is 2.86. The van der Waals surface area contributed by atoms with Crippen LogP contribution in [0, 0.1) is 0 Å². The second-order valence-corrected chi connectivity index (χ2v) is 7.68. The molecule has 6 nitrogen and oxygen atoms in total. The van der Waals surface area contributed by atoms with Crippen LogP contribution in [0.1, 0.15) is 32.8 Å². The van der Waals surface area contributed by atoms with E-state index in [2.05, 4.69) is 15.5 Å². The first kappa shape index (κ1) is 20.7. The normalized spacial score (nSPS) is 15.7. The van der Waals surface area contributed by atoms with E-state index < -0.39 is 0 Å². The Kier molecular flexibility index (Phi) is 8.35. The SMILES string of the molecule is CC(C)(C)NC(=O)COc1ccccc1CNCCCN1CCOCC1. The predicted molar refractivity (Wildman–Crippen MR) is 103 cm³/mol. The number of nitrogens with zero attached hydrogens (tertiary/aromatic N) is 1. The number of hydrogen-bond donors (Lipinski definition) is 2. The third-order valence-corrected chi connectivity index (χ3v) is 4.09. The van der Waals surface area contributed by atoms with Crippen LogP contribution in [-0.4, -0.2) is 62.3 Å². The van der Waals surface area contributed by atoms with Gasteiger partial charge in [0.05, 0.1) is 13.2 Å². The standard InChI is InChI=1S/C20H33N3O3/c1-20(2,3)22-19(24)16-26-18-8-5-4-7-17(18)15-21-9-6-10-23-11-13-25-14-12-23/h4-5,7-8,21H,6,9-16H2,1-3H3,(H,22,24). The molecule has 1 saturated heterocycles. The highest BCUT2D eigenvalue weighted by molar-refractivity contribution is 5.78. The van der Waals surface area contributed by atoms with E-state index in [1.165, 1.54) is 0 Å². The van der Waals surface area contributed by atoms with Gasteiger partial charge in [-0.15, -0.1) is 0 Å². The van der Waals surface area contributed by atoms with Crippen molar-refractivity contribution in [2.24, 2.45) is 0 Å². The van der Waals surface area contributed by atoms with E-state index in [0.717, 1.165) is 63.7 Å². The molecule has 1 aromatic rings. The minimum absolute atomic E-state index is 0.0330. The summed E-state index contributed by atoms with van der Waals surface area (Å²) in [6.07, 6.45) is 1.11. The van der Waals surface area contributed by atoms with E-state index >= 15 is 0 Å². The summed E-state index contributed by atoms with van der Waals surface area (Å²) in [6.45, 7) is 12.5. The van der Waals surface area contributed by atoms with Gasteiger partial charge in [-0.1, -0.05) is 18.2 Å². The number of carbonyl (C=O) groups is 1. The van der Waals surface area contributed by atoms with Crippen LogP contribution in [0.25, 0.3) is 0 Å². The van der Waals surface area contributed by atoms with Gasteiger partial charge in [0.15, 0.2) is 6.61 Å². The van der Waals surface area contributed by atoms with Crippen molar-refractivity contribution in [2.45, 2.75) is 39.3 Å². The Hall–Kier alpha value is -1.63. The van der Waals surface area contributed by atoms with Crippen LogP contribution in [0.2, 0.25) is 0 Å². The maximum absolute atomic E-state index is 11.9. The molecule has 0 saturated carbocycles. The second kappa shape index (κ2) is 10.5. The van der Waals surface area contributed by atoms with E-state index in [1.807, 2.05) is 45.0 Å². The number of morpholine rings is 1. The first-order valence-electron chi connectivity index (χ1n) is 9.46. The van der Waals surface area contributed by atoms with Crippen molar-refractivity contribution < 1.29 is 14.3 Å². The molecule has 0 atom stereocenters. The lowest BCUT2D eigenvalue weighted by molar-refractivity contribution is -0.124. The summed E-state index contributed by atoms with van der Waals surface area (Å²) in [5.41, 5.74) is 0.824. The van der Waals surface area contributed by atoms with Crippen LogP contribution in [0.15, 0.2) is 24.3 Å². The van der Waals surface area contributed by atoms with Crippen LogP contribution in [0.4, 0.5) is 0 Å². The summed E-state index contributed by atoms with van der Waals surface area (Å²) >= 11 is 0. The number of hydrogen-bond acceptors (Lipinski definition) is 5. The fourth-order valence-electron chi connectivity index (χ4n) is 2.86. The lowest BCUT2D eigenvalue weighted by Gasteiger charge is -2.26. The fraction of sp³-hybridized carbons (Fsp3) is 0.650. The maximum atomic E-state index is 11.9. The van der Waals surface area contributed by atoms with E-state index in [9.17, 15) is 4.79 Å². The summed E-state index contributed by atoms with van der Waals surface area (Å²) < 4.78 is 11.1. The number of ether oxygens (including phenoxy) is 2. The summed E-state index contributed by atoms with van der Waals surface area (Å²) in [7, 11) is 0. The molecular formula is C20H33N3O3. The Morgan fingerprint density at radius 1 is 1.23 bits per heavy atom. The first-order chi connectivity index (χ1) is 12.4. The Balaban J connectivity index is 1.69. The monoisotopic (exact) mass is 363 g/mol. The van der Waals surface area contributed by atoms with Gasteiger partial charge in [-0.2, -0.15) is 0 Å². The molecule has 1 aliphatic rings. The molecule has 6 heteroatoms. The van der Waals surface area contributed by atoms with Crippen LogP contribution in [0.5, 0.6) is 5.75 Å². The average molecular weight is 364 g/mol. The number of rotatable bonds is 9. The number of carbonyl (C=O) groups excluding carboxylic acids is 1. The molecule has 1 heterocycles. The van der Waals surface area contributed by atoms with Crippen LogP contribution in [0.3, 0.4) is 0 Å². The third kappa shape index (κ3) is 8.17. The maximum Gasteiger partial charge on any atom is 0.258 e. The van der Waals surface area contributed by atoms with Gasteiger partial charge >= 0.3 is 0 Å². The number of benzene rings is 1. The quantitative estimate of drug-likeness (QED) is 0.655. The highest BCUT2D eigenvalue weighted by Crippen LogP contribution is 2.17. The lowest BCUT2D eigenvalue weighted by atomic mass is 10.1. The molecule has 2 N–H and O–H groups in total. The second-order valence-electron chi connectivity index (χ2n) is 7.68. The van der Waals surface area contributed by atoms with Crippen LogP contribution in [-0.2, 0) is 16.1 Å². The molecule has 2 rings (SSSR count). The Labute approximate surface area is 157 Å². The van der Waals surface area contributed by atoms with E-state index in [1.54, 1.807) is 0 Å². The van der Waals surface area contributed by atoms with Crippen LogP contribution < -0.4 is 15.4 Å². The van der Waals surface area contributed by atoms with Crippen molar-refractivity contribution in [3.8, 4) is 5.75 Å². The molecule has 1 fully saturated rings.